The Balaban J connectivity index is 2.45. The van der Waals surface area contributed by atoms with Crippen molar-refractivity contribution in [1.82, 2.24) is 5.32 Å². The SMILES string of the molecule is N#CNC(N)=NCCc1cccc(Cl)c1. The molecule has 4 nitrogen and oxygen atoms in total. The molecule has 0 atom stereocenters. The van der Waals surface area contributed by atoms with E-state index in [1.165, 1.54) is 0 Å². The van der Waals surface area contributed by atoms with E-state index in [-0.39, 0.29) is 5.96 Å². The van der Waals surface area contributed by atoms with Crippen LogP contribution in [0.25, 0.3) is 0 Å². The quantitative estimate of drug-likeness (QED) is 0.350. The maximum Gasteiger partial charge on any atom is 0.202 e. The summed E-state index contributed by atoms with van der Waals surface area (Å²) in [6.07, 6.45) is 2.44. The highest BCUT2D eigenvalue weighted by Gasteiger charge is 1.94. The molecule has 0 heterocycles. The van der Waals surface area contributed by atoms with Gasteiger partial charge < -0.3 is 5.73 Å². The molecule has 15 heavy (non-hydrogen) atoms. The third-order valence-electron chi connectivity index (χ3n) is 1.76. The van der Waals surface area contributed by atoms with E-state index in [0.717, 1.165) is 12.0 Å². The van der Waals surface area contributed by atoms with E-state index in [1.54, 1.807) is 6.19 Å². The highest BCUT2D eigenvalue weighted by atomic mass is 35.5. The van der Waals surface area contributed by atoms with Crippen LogP contribution in [0.15, 0.2) is 29.3 Å². The lowest BCUT2D eigenvalue weighted by atomic mass is 10.1. The van der Waals surface area contributed by atoms with Crippen LogP contribution in [-0.4, -0.2) is 12.5 Å². The maximum atomic E-state index is 8.25. The average molecular weight is 223 g/mol. The van der Waals surface area contributed by atoms with Crippen molar-refractivity contribution in [3.63, 3.8) is 0 Å². The van der Waals surface area contributed by atoms with Crippen LogP contribution in [0.4, 0.5) is 0 Å². The number of aliphatic imine (C=N–C) groups is 1. The molecule has 0 amide bonds. The Kier molecular flexibility index (Phi) is 4.45. The van der Waals surface area contributed by atoms with Crippen molar-refractivity contribution in [3.8, 4) is 6.19 Å². The van der Waals surface area contributed by atoms with Crippen LogP contribution in [-0.2, 0) is 6.42 Å². The van der Waals surface area contributed by atoms with E-state index in [9.17, 15) is 0 Å². The van der Waals surface area contributed by atoms with Crippen LogP contribution in [0, 0.1) is 11.5 Å². The number of benzene rings is 1. The highest BCUT2D eigenvalue weighted by molar-refractivity contribution is 6.30. The predicted octanol–water partition coefficient (Wildman–Crippen LogP) is 1.27. The lowest BCUT2D eigenvalue weighted by molar-refractivity contribution is 0.954. The second kappa shape index (κ2) is 5.89. The normalized spacial score (nSPS) is 10.8. The van der Waals surface area contributed by atoms with Gasteiger partial charge >= 0.3 is 0 Å². The fraction of sp³-hybridized carbons (Fsp3) is 0.200. The van der Waals surface area contributed by atoms with Crippen molar-refractivity contribution in [2.45, 2.75) is 6.42 Å². The smallest absolute Gasteiger partial charge is 0.202 e. The minimum Gasteiger partial charge on any atom is -0.369 e. The van der Waals surface area contributed by atoms with Crippen molar-refractivity contribution in [2.24, 2.45) is 10.7 Å². The molecule has 5 heteroatoms. The Bertz CT molecular complexity index is 395. The van der Waals surface area contributed by atoms with Crippen LogP contribution < -0.4 is 11.1 Å². The standard InChI is InChI=1S/C10H11ClN4/c11-9-3-1-2-8(6-9)4-5-14-10(13)15-7-12/h1-3,6H,4-5H2,(H3,13,14,15). The molecule has 1 aromatic rings. The molecule has 0 aliphatic heterocycles. The first kappa shape index (κ1) is 11.3. The topological polar surface area (TPSA) is 74.2 Å². The molecule has 0 aliphatic rings. The molecule has 0 bridgehead atoms. The summed E-state index contributed by atoms with van der Waals surface area (Å²) in [4.78, 5) is 3.96. The second-order valence-electron chi connectivity index (χ2n) is 2.88. The lowest BCUT2D eigenvalue weighted by Crippen LogP contribution is -2.27. The van der Waals surface area contributed by atoms with E-state index < -0.39 is 0 Å². The Labute approximate surface area is 93.4 Å². The van der Waals surface area contributed by atoms with E-state index in [0.29, 0.717) is 11.6 Å². The minimum atomic E-state index is 0.138. The van der Waals surface area contributed by atoms with Crippen molar-refractivity contribution in [3.05, 3.63) is 34.9 Å². The number of nitrogens with one attached hydrogen (secondary N) is 1. The molecule has 0 saturated carbocycles. The summed E-state index contributed by atoms with van der Waals surface area (Å²) in [6.45, 7) is 0.529. The van der Waals surface area contributed by atoms with E-state index >= 15 is 0 Å². The van der Waals surface area contributed by atoms with Crippen molar-refractivity contribution in [1.29, 1.82) is 5.26 Å². The van der Waals surface area contributed by atoms with E-state index in [2.05, 4.69) is 10.3 Å². The number of hydrogen-bond acceptors (Lipinski definition) is 2. The second-order valence-corrected chi connectivity index (χ2v) is 3.32. The minimum absolute atomic E-state index is 0.138. The summed E-state index contributed by atoms with van der Waals surface area (Å²) >= 11 is 5.82. The van der Waals surface area contributed by atoms with Crippen molar-refractivity contribution < 1.29 is 0 Å². The zero-order valence-corrected chi connectivity index (χ0v) is 8.83. The van der Waals surface area contributed by atoms with Gasteiger partial charge in [0.2, 0.25) is 5.96 Å². The summed E-state index contributed by atoms with van der Waals surface area (Å²) in [5.41, 5.74) is 6.46. The van der Waals surface area contributed by atoms with Crippen LogP contribution in [0.2, 0.25) is 5.02 Å². The zero-order valence-electron chi connectivity index (χ0n) is 8.07. The number of nitrogens with zero attached hydrogens (tertiary/aromatic N) is 2. The van der Waals surface area contributed by atoms with Crippen LogP contribution in [0.5, 0.6) is 0 Å². The van der Waals surface area contributed by atoms with Gasteiger partial charge in [-0.05, 0) is 24.1 Å². The Morgan fingerprint density at radius 3 is 3.07 bits per heavy atom. The number of halogens is 1. The lowest BCUT2D eigenvalue weighted by Gasteiger charge is -1.99. The average Bonchev–Trinajstić information content (AvgIpc) is 2.18. The number of nitrogens with two attached hydrogens (primary N) is 1. The van der Waals surface area contributed by atoms with E-state index in [1.807, 2.05) is 24.3 Å². The largest absolute Gasteiger partial charge is 0.369 e. The van der Waals surface area contributed by atoms with Gasteiger partial charge in [0.05, 0.1) is 0 Å². The highest BCUT2D eigenvalue weighted by Crippen LogP contribution is 2.10. The number of guanidine groups is 1. The van der Waals surface area contributed by atoms with Gasteiger partial charge in [0.15, 0.2) is 6.19 Å². The van der Waals surface area contributed by atoms with Crippen LogP contribution in [0.3, 0.4) is 0 Å². The summed E-state index contributed by atoms with van der Waals surface area (Å²) < 4.78 is 0. The van der Waals surface area contributed by atoms with Crippen LogP contribution >= 0.6 is 11.6 Å². The van der Waals surface area contributed by atoms with Gasteiger partial charge in [-0.2, -0.15) is 5.26 Å². The van der Waals surface area contributed by atoms with Gasteiger partial charge in [-0.25, -0.2) is 0 Å². The molecule has 0 aromatic heterocycles. The number of hydrogen-bond donors (Lipinski definition) is 2. The van der Waals surface area contributed by atoms with E-state index in [4.69, 9.17) is 22.6 Å². The molecule has 1 rings (SSSR count). The van der Waals surface area contributed by atoms with Gasteiger partial charge in [0.1, 0.15) is 0 Å². The third kappa shape index (κ3) is 4.34. The molecule has 1 aromatic carbocycles. The molecular weight excluding hydrogens is 212 g/mol. The van der Waals surface area contributed by atoms with Gasteiger partial charge in [-0.1, -0.05) is 23.7 Å². The number of nitriles is 1. The first-order valence-corrected chi connectivity index (χ1v) is 4.79. The molecule has 0 spiro atoms. The number of rotatable bonds is 3. The molecule has 0 unspecified atom stereocenters. The van der Waals surface area contributed by atoms with Crippen molar-refractivity contribution in [2.75, 3.05) is 6.54 Å². The Morgan fingerprint density at radius 1 is 1.60 bits per heavy atom. The van der Waals surface area contributed by atoms with Gasteiger partial charge in [0.25, 0.3) is 0 Å². The summed E-state index contributed by atoms with van der Waals surface area (Å²) in [6, 6.07) is 7.55. The Hall–Kier alpha value is -1.73. The molecule has 0 aliphatic carbocycles. The van der Waals surface area contributed by atoms with Gasteiger partial charge in [-0.3, -0.25) is 10.3 Å². The predicted molar refractivity (Wildman–Crippen MR) is 60.4 cm³/mol. The molecule has 0 saturated heterocycles. The molecular formula is C10H11ClN4. The first-order valence-electron chi connectivity index (χ1n) is 4.42. The van der Waals surface area contributed by atoms with Crippen LogP contribution in [0.1, 0.15) is 5.56 Å². The van der Waals surface area contributed by atoms with Gasteiger partial charge in [0, 0.05) is 11.6 Å². The summed E-state index contributed by atoms with van der Waals surface area (Å²) in [7, 11) is 0. The van der Waals surface area contributed by atoms with Crippen molar-refractivity contribution >= 4 is 17.6 Å². The molecule has 0 fully saturated rings. The monoisotopic (exact) mass is 222 g/mol. The summed E-state index contributed by atoms with van der Waals surface area (Å²) in [5.74, 6) is 0.138. The molecule has 3 N–H and O–H groups in total. The third-order valence-corrected chi connectivity index (χ3v) is 1.99. The first-order chi connectivity index (χ1) is 7.22. The van der Waals surface area contributed by atoms with Gasteiger partial charge in [-0.15, -0.1) is 0 Å². The molecule has 0 radical (unpaired) electrons. The summed E-state index contributed by atoms with van der Waals surface area (Å²) in [5, 5.41) is 11.2. The fourth-order valence-corrected chi connectivity index (χ4v) is 1.31. The Morgan fingerprint density at radius 2 is 2.40 bits per heavy atom. The maximum absolute atomic E-state index is 8.25. The zero-order chi connectivity index (χ0) is 11.1. The molecule has 78 valence electrons. The fourth-order valence-electron chi connectivity index (χ4n) is 1.09.